The van der Waals surface area contributed by atoms with Crippen molar-refractivity contribution in [1.29, 1.82) is 0 Å². The monoisotopic (exact) mass is 432 g/mol. The minimum Gasteiger partial charge on any atom is -0.336 e. The third-order valence-electron chi connectivity index (χ3n) is 3.99. The highest BCUT2D eigenvalue weighted by Crippen LogP contribution is 2.20. The second-order valence-electron chi connectivity index (χ2n) is 5.57. The number of nitrogens with one attached hydrogen (secondary N) is 2. The second kappa shape index (κ2) is 7.98. The Hall–Kier alpha value is -1.91. The van der Waals surface area contributed by atoms with Crippen LogP contribution < -0.4 is 16.6 Å². The zero-order valence-electron chi connectivity index (χ0n) is 13.4. The Morgan fingerprint density at radius 2 is 2.20 bits per heavy atom. The smallest absolute Gasteiger partial charge is 0.328 e. The predicted molar refractivity (Wildman–Crippen MR) is 96.8 cm³/mol. The molecule has 0 spiro atoms. The lowest BCUT2D eigenvalue weighted by molar-refractivity contribution is -0.135. The van der Waals surface area contributed by atoms with Gasteiger partial charge in [0.15, 0.2) is 0 Å². The Kier molecular flexibility index (Phi) is 6.20. The number of imidazole rings is 1. The van der Waals surface area contributed by atoms with Crippen molar-refractivity contribution in [2.45, 2.75) is 12.6 Å². The van der Waals surface area contributed by atoms with Gasteiger partial charge in [0, 0.05) is 45.3 Å². The van der Waals surface area contributed by atoms with Crippen molar-refractivity contribution in [1.82, 2.24) is 29.3 Å². The van der Waals surface area contributed by atoms with Gasteiger partial charge < -0.3 is 14.8 Å². The number of aryl methyl sites for hydroxylation is 1. The molecule has 11 heteroatoms. The average Bonchev–Trinajstić information content (AvgIpc) is 2.98. The molecule has 3 rings (SSSR count). The Labute approximate surface area is 157 Å². The van der Waals surface area contributed by atoms with Crippen LogP contribution in [-0.2, 0) is 18.4 Å². The number of hydrogen-bond donors (Lipinski definition) is 2. The number of rotatable bonds is 3. The minimum absolute atomic E-state index is 0. The number of amides is 1. The fraction of sp³-hybridized carbons (Fsp3) is 0.429. The van der Waals surface area contributed by atoms with Gasteiger partial charge in [-0.15, -0.1) is 12.4 Å². The minimum atomic E-state index is -0.611. The van der Waals surface area contributed by atoms with Crippen molar-refractivity contribution < 1.29 is 4.79 Å². The predicted octanol–water partition coefficient (Wildman–Crippen LogP) is -0.372. The quantitative estimate of drug-likeness (QED) is 0.687. The number of nitrogens with zero attached hydrogens (tertiary/aromatic N) is 4. The molecule has 2 aromatic heterocycles. The summed E-state index contributed by atoms with van der Waals surface area (Å²) in [4.78, 5) is 44.2. The molecule has 0 bridgehead atoms. The molecule has 2 N–H and O–H groups in total. The van der Waals surface area contributed by atoms with Crippen molar-refractivity contribution in [3.63, 3.8) is 0 Å². The van der Waals surface area contributed by atoms with E-state index in [-0.39, 0.29) is 35.4 Å². The third kappa shape index (κ3) is 4.02. The summed E-state index contributed by atoms with van der Waals surface area (Å²) in [5.41, 5.74) is -1.13. The van der Waals surface area contributed by atoms with Crippen LogP contribution in [0.25, 0.3) is 0 Å². The van der Waals surface area contributed by atoms with Crippen LogP contribution in [0.1, 0.15) is 11.9 Å². The molecule has 2 aromatic rings. The maximum atomic E-state index is 12.7. The van der Waals surface area contributed by atoms with E-state index in [0.717, 1.165) is 5.82 Å². The highest BCUT2D eigenvalue weighted by atomic mass is 79.9. The lowest BCUT2D eigenvalue weighted by Gasteiger charge is -2.35. The van der Waals surface area contributed by atoms with Crippen molar-refractivity contribution in [2.75, 3.05) is 19.6 Å². The van der Waals surface area contributed by atoms with Gasteiger partial charge in [-0.05, 0) is 15.9 Å². The van der Waals surface area contributed by atoms with Crippen LogP contribution in [-0.4, -0.2) is 49.5 Å². The maximum Gasteiger partial charge on any atom is 0.328 e. The maximum absolute atomic E-state index is 12.7. The molecule has 1 aliphatic heterocycles. The van der Waals surface area contributed by atoms with Crippen molar-refractivity contribution >= 4 is 34.2 Å². The van der Waals surface area contributed by atoms with Crippen molar-refractivity contribution in [3.05, 3.63) is 49.7 Å². The molecule has 1 aliphatic rings. The van der Waals surface area contributed by atoms with Gasteiger partial charge in [-0.25, -0.2) is 9.78 Å². The van der Waals surface area contributed by atoms with Crippen LogP contribution in [0, 0.1) is 0 Å². The van der Waals surface area contributed by atoms with E-state index in [0.29, 0.717) is 19.6 Å². The van der Waals surface area contributed by atoms with Crippen molar-refractivity contribution in [2.24, 2.45) is 7.05 Å². The number of hydrogen-bond acceptors (Lipinski definition) is 5. The van der Waals surface area contributed by atoms with Crippen LogP contribution in [0.15, 0.2) is 32.7 Å². The van der Waals surface area contributed by atoms with E-state index < -0.39 is 11.2 Å². The topological polar surface area (TPSA) is 105 Å². The van der Waals surface area contributed by atoms with Gasteiger partial charge in [0.25, 0.3) is 5.56 Å². The highest BCUT2D eigenvalue weighted by Gasteiger charge is 2.30. The largest absolute Gasteiger partial charge is 0.336 e. The van der Waals surface area contributed by atoms with Crippen LogP contribution in [0.5, 0.6) is 0 Å². The SMILES string of the molecule is Cl.Cn1ccnc1C1CNCCN1C(=O)Cn1cc(Br)c(=O)[nH]c1=O. The van der Waals surface area contributed by atoms with E-state index in [2.05, 4.69) is 31.2 Å². The summed E-state index contributed by atoms with van der Waals surface area (Å²) in [7, 11) is 1.88. The van der Waals surface area contributed by atoms with Gasteiger partial charge in [0.2, 0.25) is 5.91 Å². The fourth-order valence-electron chi connectivity index (χ4n) is 2.77. The number of carbonyl (C=O) groups excluding carboxylic acids is 1. The molecule has 0 radical (unpaired) electrons. The molecule has 136 valence electrons. The first-order chi connectivity index (χ1) is 11.5. The number of aromatic amines is 1. The van der Waals surface area contributed by atoms with E-state index in [1.807, 2.05) is 17.8 Å². The van der Waals surface area contributed by atoms with E-state index in [9.17, 15) is 14.4 Å². The molecule has 25 heavy (non-hydrogen) atoms. The van der Waals surface area contributed by atoms with Crippen LogP contribution >= 0.6 is 28.3 Å². The molecular formula is C14H18BrClN6O3. The van der Waals surface area contributed by atoms with E-state index in [1.165, 1.54) is 10.8 Å². The fourth-order valence-corrected chi connectivity index (χ4v) is 3.11. The zero-order chi connectivity index (χ0) is 17.3. The summed E-state index contributed by atoms with van der Waals surface area (Å²) in [6.45, 7) is 1.66. The zero-order valence-corrected chi connectivity index (χ0v) is 15.8. The molecule has 1 unspecified atom stereocenters. The first-order valence-electron chi connectivity index (χ1n) is 7.44. The number of H-pyrrole nitrogens is 1. The number of carbonyl (C=O) groups is 1. The van der Waals surface area contributed by atoms with Gasteiger partial charge >= 0.3 is 5.69 Å². The molecule has 0 aromatic carbocycles. The molecule has 1 saturated heterocycles. The van der Waals surface area contributed by atoms with E-state index >= 15 is 0 Å². The first-order valence-corrected chi connectivity index (χ1v) is 8.23. The Balaban J connectivity index is 0.00000225. The van der Waals surface area contributed by atoms with Gasteiger partial charge in [0.05, 0.1) is 4.47 Å². The summed E-state index contributed by atoms with van der Waals surface area (Å²) in [6.07, 6.45) is 4.85. The van der Waals surface area contributed by atoms with Crippen LogP contribution in [0.4, 0.5) is 0 Å². The average molecular weight is 434 g/mol. The lowest BCUT2D eigenvalue weighted by atomic mass is 10.1. The third-order valence-corrected chi connectivity index (χ3v) is 4.56. The standard InChI is InChI=1S/C14H17BrN6O3.ClH/c1-19-4-3-17-12(19)10-6-16-2-5-21(10)11(22)8-20-7-9(15)13(23)18-14(20)24;/h3-4,7,10,16H,2,5-6,8H2,1H3,(H,18,23,24);1H. The van der Waals surface area contributed by atoms with Gasteiger partial charge in [0.1, 0.15) is 18.4 Å². The molecule has 1 atom stereocenters. The molecule has 1 amide bonds. The summed E-state index contributed by atoms with van der Waals surface area (Å²) < 4.78 is 3.27. The van der Waals surface area contributed by atoms with Crippen LogP contribution in [0.2, 0.25) is 0 Å². The van der Waals surface area contributed by atoms with Gasteiger partial charge in [-0.3, -0.25) is 19.1 Å². The summed E-state index contributed by atoms with van der Waals surface area (Å²) in [5.74, 6) is 0.580. The summed E-state index contributed by atoms with van der Waals surface area (Å²) in [5, 5.41) is 3.26. The van der Waals surface area contributed by atoms with Crippen LogP contribution in [0.3, 0.4) is 0 Å². The Morgan fingerprint density at radius 3 is 2.88 bits per heavy atom. The Bertz CT molecular complexity index is 876. The molecule has 9 nitrogen and oxygen atoms in total. The number of piperazine rings is 1. The molecule has 0 saturated carbocycles. The van der Waals surface area contributed by atoms with Gasteiger partial charge in [-0.2, -0.15) is 0 Å². The molecule has 1 fully saturated rings. The normalized spacial score (nSPS) is 17.2. The molecule has 3 heterocycles. The number of halogens is 2. The second-order valence-corrected chi connectivity index (χ2v) is 6.42. The highest BCUT2D eigenvalue weighted by molar-refractivity contribution is 9.10. The Morgan fingerprint density at radius 1 is 1.44 bits per heavy atom. The first kappa shape index (κ1) is 19.4. The summed E-state index contributed by atoms with van der Waals surface area (Å²) in [6, 6.07) is -0.201. The lowest BCUT2D eigenvalue weighted by Crippen LogP contribution is -2.51. The van der Waals surface area contributed by atoms with E-state index in [1.54, 1.807) is 11.1 Å². The number of aromatic nitrogens is 4. The summed E-state index contributed by atoms with van der Waals surface area (Å²) >= 11 is 3.07. The van der Waals surface area contributed by atoms with E-state index in [4.69, 9.17) is 0 Å². The van der Waals surface area contributed by atoms with Crippen molar-refractivity contribution in [3.8, 4) is 0 Å². The van der Waals surface area contributed by atoms with Gasteiger partial charge in [-0.1, -0.05) is 0 Å². The molecule has 0 aliphatic carbocycles. The molecular weight excluding hydrogens is 416 g/mol.